The molecule has 0 fully saturated rings. The Balaban J connectivity index is 2.91. The van der Waals surface area contributed by atoms with Crippen molar-refractivity contribution in [2.75, 3.05) is 0 Å². The van der Waals surface area contributed by atoms with E-state index in [4.69, 9.17) is 0 Å². The van der Waals surface area contributed by atoms with Crippen LogP contribution in [0.5, 0.6) is 0 Å². The highest BCUT2D eigenvalue weighted by Gasteiger charge is 2.03. The number of rotatable bonds is 3. The van der Waals surface area contributed by atoms with E-state index >= 15 is 0 Å². The average molecular weight is 306 g/mol. The lowest BCUT2D eigenvalue weighted by Gasteiger charge is -2.03. The van der Waals surface area contributed by atoms with Crippen molar-refractivity contribution in [1.82, 2.24) is 0 Å². The number of hydrogen-bond acceptors (Lipinski definition) is 1. The van der Waals surface area contributed by atoms with Crippen molar-refractivity contribution in [1.29, 1.82) is 0 Å². The molecule has 1 rings (SSSR count). The second-order valence-corrected chi connectivity index (χ2v) is 4.35. The summed E-state index contributed by atoms with van der Waals surface area (Å²) >= 11 is 6.82. The predicted molar refractivity (Wildman–Crippen MR) is 61.2 cm³/mol. The van der Waals surface area contributed by atoms with Gasteiger partial charge in [0.05, 0.1) is 0 Å². The third-order valence-electron chi connectivity index (χ3n) is 1.71. The number of ketones is 1. The van der Waals surface area contributed by atoms with Crippen LogP contribution < -0.4 is 0 Å². The zero-order valence-corrected chi connectivity index (χ0v) is 10.5. The first-order valence-corrected chi connectivity index (χ1v) is 5.87. The van der Waals surface area contributed by atoms with E-state index in [1.165, 1.54) is 5.56 Å². The van der Waals surface area contributed by atoms with Gasteiger partial charge in [-0.3, -0.25) is 4.79 Å². The smallest absolute Gasteiger partial charge is 0.134 e. The van der Waals surface area contributed by atoms with E-state index in [0.29, 0.717) is 6.42 Å². The lowest BCUT2D eigenvalue weighted by Crippen LogP contribution is -1.97. The van der Waals surface area contributed by atoms with Gasteiger partial charge in [-0.05, 0) is 24.1 Å². The van der Waals surface area contributed by atoms with Crippen molar-refractivity contribution < 1.29 is 4.79 Å². The van der Waals surface area contributed by atoms with Gasteiger partial charge in [0.25, 0.3) is 0 Å². The predicted octanol–water partition coefficient (Wildman–Crippen LogP) is 3.48. The quantitative estimate of drug-likeness (QED) is 0.782. The Hall–Kier alpha value is -0.150. The number of Topliss-reactive ketones (excluding diaryl/α,β-unsaturated/α-hetero) is 1. The summed E-state index contributed by atoms with van der Waals surface area (Å²) in [6.07, 6.45) is 0.503. The molecule has 0 N–H and O–H groups in total. The molecule has 0 aromatic heterocycles. The van der Waals surface area contributed by atoms with Gasteiger partial charge in [-0.25, -0.2) is 0 Å². The number of hydrogen-bond donors (Lipinski definition) is 0. The fourth-order valence-electron chi connectivity index (χ4n) is 1.09. The van der Waals surface area contributed by atoms with E-state index in [-0.39, 0.29) is 5.78 Å². The highest BCUT2D eigenvalue weighted by molar-refractivity contribution is 9.10. The summed E-state index contributed by atoms with van der Waals surface area (Å²) in [5.41, 5.74) is 2.26. The summed E-state index contributed by atoms with van der Waals surface area (Å²) in [6, 6.07) is 6.05. The largest absolute Gasteiger partial charge is 0.300 e. The second-order valence-electron chi connectivity index (χ2n) is 2.94. The fourth-order valence-corrected chi connectivity index (χ4v) is 2.00. The Bertz CT molecular complexity index is 321. The molecular weight excluding hydrogens is 296 g/mol. The summed E-state index contributed by atoms with van der Waals surface area (Å²) in [5.74, 6) is 0.187. The van der Waals surface area contributed by atoms with Crippen LogP contribution in [0.3, 0.4) is 0 Å². The Morgan fingerprint density at radius 3 is 2.62 bits per heavy atom. The van der Waals surface area contributed by atoms with Gasteiger partial charge in [-0.1, -0.05) is 44.0 Å². The molecule has 0 spiro atoms. The van der Waals surface area contributed by atoms with Crippen molar-refractivity contribution in [3.05, 3.63) is 33.8 Å². The van der Waals surface area contributed by atoms with Crippen LogP contribution in [0.4, 0.5) is 0 Å². The third kappa shape index (κ3) is 3.24. The Morgan fingerprint density at radius 1 is 1.46 bits per heavy atom. The van der Waals surface area contributed by atoms with E-state index in [2.05, 4.69) is 31.9 Å². The third-order valence-corrected chi connectivity index (χ3v) is 3.10. The zero-order chi connectivity index (χ0) is 9.84. The molecule has 0 saturated heterocycles. The summed E-state index contributed by atoms with van der Waals surface area (Å²) < 4.78 is 1.01. The maximum atomic E-state index is 10.9. The molecule has 1 aromatic rings. The Morgan fingerprint density at radius 2 is 2.15 bits per heavy atom. The van der Waals surface area contributed by atoms with Gasteiger partial charge < -0.3 is 0 Å². The molecule has 0 amide bonds. The van der Waals surface area contributed by atoms with Gasteiger partial charge in [0.1, 0.15) is 5.78 Å². The maximum Gasteiger partial charge on any atom is 0.134 e. The van der Waals surface area contributed by atoms with Gasteiger partial charge >= 0.3 is 0 Å². The molecule has 0 heterocycles. The highest BCUT2D eigenvalue weighted by atomic mass is 79.9. The first-order chi connectivity index (χ1) is 6.13. The number of carbonyl (C=O) groups is 1. The molecule has 1 aromatic carbocycles. The first kappa shape index (κ1) is 10.9. The van der Waals surface area contributed by atoms with Crippen LogP contribution in [-0.4, -0.2) is 5.78 Å². The number of carbonyl (C=O) groups excluding carboxylic acids is 1. The molecule has 1 nitrogen and oxygen atoms in total. The minimum absolute atomic E-state index is 0.187. The summed E-state index contributed by atoms with van der Waals surface area (Å²) in [5, 5.41) is 0.839. The van der Waals surface area contributed by atoms with Crippen LogP contribution in [0.15, 0.2) is 22.7 Å². The van der Waals surface area contributed by atoms with Crippen LogP contribution in [0.1, 0.15) is 18.1 Å². The van der Waals surface area contributed by atoms with Crippen LogP contribution in [0, 0.1) is 0 Å². The van der Waals surface area contributed by atoms with Crippen LogP contribution in [0.25, 0.3) is 0 Å². The number of benzene rings is 1. The van der Waals surface area contributed by atoms with E-state index in [1.54, 1.807) is 6.92 Å². The average Bonchev–Trinajstić information content (AvgIpc) is 2.08. The molecule has 0 radical (unpaired) electrons. The van der Waals surface area contributed by atoms with Crippen molar-refractivity contribution >= 4 is 37.6 Å². The molecule has 0 aliphatic carbocycles. The molecule has 0 saturated carbocycles. The summed E-state index contributed by atoms with van der Waals surface area (Å²) in [4.78, 5) is 10.9. The molecule has 0 aliphatic heterocycles. The Labute approximate surface area is 94.8 Å². The molecule has 0 aliphatic rings. The molecule has 0 bridgehead atoms. The van der Waals surface area contributed by atoms with Gasteiger partial charge in [-0.15, -0.1) is 0 Å². The van der Waals surface area contributed by atoms with E-state index < -0.39 is 0 Å². The van der Waals surface area contributed by atoms with Gasteiger partial charge in [0.2, 0.25) is 0 Å². The summed E-state index contributed by atoms with van der Waals surface area (Å²) in [6.45, 7) is 1.60. The topological polar surface area (TPSA) is 17.1 Å². The van der Waals surface area contributed by atoms with Crippen LogP contribution in [0.2, 0.25) is 0 Å². The van der Waals surface area contributed by atoms with E-state index in [1.807, 2.05) is 18.2 Å². The standard InChI is InChI=1S/C10H10Br2O/c1-7(13)4-9-3-2-8(6-11)5-10(9)12/h2-3,5H,4,6H2,1H3. The van der Waals surface area contributed by atoms with Crippen molar-refractivity contribution in [2.45, 2.75) is 18.7 Å². The molecule has 3 heteroatoms. The monoisotopic (exact) mass is 304 g/mol. The molecule has 13 heavy (non-hydrogen) atoms. The second kappa shape index (κ2) is 4.91. The van der Waals surface area contributed by atoms with Gasteiger partial charge in [0, 0.05) is 16.2 Å². The summed E-state index contributed by atoms with van der Waals surface area (Å²) in [7, 11) is 0. The molecule has 0 atom stereocenters. The van der Waals surface area contributed by atoms with Crippen molar-refractivity contribution in [3.8, 4) is 0 Å². The first-order valence-electron chi connectivity index (χ1n) is 3.96. The normalized spacial score (nSPS) is 10.1. The molecule has 70 valence electrons. The zero-order valence-electron chi connectivity index (χ0n) is 7.31. The number of halogens is 2. The molecular formula is C10H10Br2O. The lowest BCUT2D eigenvalue weighted by atomic mass is 10.1. The maximum absolute atomic E-state index is 10.9. The van der Waals surface area contributed by atoms with Crippen LogP contribution >= 0.6 is 31.9 Å². The minimum atomic E-state index is 0.187. The van der Waals surface area contributed by atoms with E-state index in [0.717, 1.165) is 15.4 Å². The van der Waals surface area contributed by atoms with Crippen molar-refractivity contribution in [3.63, 3.8) is 0 Å². The Kier molecular flexibility index (Phi) is 4.13. The van der Waals surface area contributed by atoms with Crippen molar-refractivity contribution in [2.24, 2.45) is 0 Å². The highest BCUT2D eigenvalue weighted by Crippen LogP contribution is 2.20. The van der Waals surface area contributed by atoms with Gasteiger partial charge in [-0.2, -0.15) is 0 Å². The fraction of sp³-hybridized carbons (Fsp3) is 0.300. The SMILES string of the molecule is CC(=O)Cc1ccc(CBr)cc1Br. The minimum Gasteiger partial charge on any atom is -0.300 e. The lowest BCUT2D eigenvalue weighted by molar-refractivity contribution is -0.116. The van der Waals surface area contributed by atoms with Gasteiger partial charge in [0.15, 0.2) is 0 Å². The van der Waals surface area contributed by atoms with E-state index in [9.17, 15) is 4.79 Å². The van der Waals surface area contributed by atoms with Crippen LogP contribution in [-0.2, 0) is 16.5 Å². The number of alkyl halides is 1. The molecule has 0 unspecified atom stereocenters.